The third kappa shape index (κ3) is 2.20. The Morgan fingerprint density at radius 1 is 1.56 bits per heavy atom. The lowest BCUT2D eigenvalue weighted by Crippen LogP contribution is -2.38. The highest BCUT2D eigenvalue weighted by molar-refractivity contribution is 7.16. The lowest BCUT2D eigenvalue weighted by atomic mass is 10.2. The molecule has 1 unspecified atom stereocenters. The summed E-state index contributed by atoms with van der Waals surface area (Å²) in [6.45, 7) is 5.39. The Bertz CT molecular complexity index is 518. The van der Waals surface area contributed by atoms with Crippen LogP contribution in [0.5, 0.6) is 0 Å². The largest absolute Gasteiger partial charge is 0.336 e. The Hall–Kier alpha value is -1.20. The van der Waals surface area contributed by atoms with Crippen LogP contribution < -0.4 is 10.2 Å². The van der Waals surface area contributed by atoms with Gasteiger partial charge in [-0.25, -0.2) is 9.97 Å². The molecule has 1 aliphatic rings. The lowest BCUT2D eigenvalue weighted by molar-refractivity contribution is 0.611. The van der Waals surface area contributed by atoms with Crippen LogP contribution in [0, 0.1) is 0 Å². The van der Waals surface area contributed by atoms with Gasteiger partial charge in [0.1, 0.15) is 4.83 Å². The Kier molecular flexibility index (Phi) is 3.43. The monoisotopic (exact) mass is 262 g/mol. The summed E-state index contributed by atoms with van der Waals surface area (Å²) in [4.78, 5) is 12.7. The topological polar surface area (TPSA) is 41.1 Å². The molecule has 3 heterocycles. The summed E-state index contributed by atoms with van der Waals surface area (Å²) in [6.07, 6.45) is 4.26. The molecular formula is C13H18N4S. The Morgan fingerprint density at radius 3 is 3.28 bits per heavy atom. The molecule has 3 rings (SSSR count). The van der Waals surface area contributed by atoms with E-state index >= 15 is 0 Å². The van der Waals surface area contributed by atoms with E-state index in [2.05, 4.69) is 33.6 Å². The summed E-state index contributed by atoms with van der Waals surface area (Å²) < 4.78 is 0. The Balaban J connectivity index is 1.92. The van der Waals surface area contributed by atoms with Gasteiger partial charge in [0.2, 0.25) is 5.95 Å². The highest BCUT2D eigenvalue weighted by Gasteiger charge is 2.23. The molecule has 0 aliphatic carbocycles. The van der Waals surface area contributed by atoms with Crippen molar-refractivity contribution in [1.29, 1.82) is 0 Å². The zero-order valence-corrected chi connectivity index (χ0v) is 11.4. The minimum atomic E-state index is 0.544. The molecule has 18 heavy (non-hydrogen) atoms. The minimum Gasteiger partial charge on any atom is -0.336 e. The average molecular weight is 262 g/mol. The molecule has 1 fully saturated rings. The summed E-state index contributed by atoms with van der Waals surface area (Å²) in [5.74, 6) is 0.889. The third-order valence-corrected chi connectivity index (χ3v) is 4.21. The maximum absolute atomic E-state index is 4.70. The van der Waals surface area contributed by atoms with Crippen LogP contribution in [-0.4, -0.2) is 35.6 Å². The maximum atomic E-state index is 4.70. The number of nitrogens with one attached hydrogen (secondary N) is 1. The molecule has 5 heteroatoms. The predicted molar refractivity (Wildman–Crippen MR) is 76.3 cm³/mol. The second-order valence-electron chi connectivity index (χ2n) is 4.69. The molecule has 0 amide bonds. The molecule has 1 atom stereocenters. The molecule has 0 aromatic carbocycles. The van der Waals surface area contributed by atoms with Crippen LogP contribution in [0.2, 0.25) is 0 Å². The van der Waals surface area contributed by atoms with Gasteiger partial charge < -0.3 is 10.2 Å². The van der Waals surface area contributed by atoms with Crippen LogP contribution in [-0.2, 0) is 0 Å². The molecule has 4 nitrogen and oxygen atoms in total. The normalized spacial score (nSPS) is 19.5. The van der Waals surface area contributed by atoms with Crippen LogP contribution in [0.4, 0.5) is 5.95 Å². The number of aromatic nitrogens is 2. The van der Waals surface area contributed by atoms with Crippen LogP contribution in [0.1, 0.15) is 19.8 Å². The van der Waals surface area contributed by atoms with E-state index in [4.69, 9.17) is 4.98 Å². The fourth-order valence-electron chi connectivity index (χ4n) is 2.48. The molecule has 1 N–H and O–H groups in total. The molecule has 2 aromatic heterocycles. The number of hydrogen-bond acceptors (Lipinski definition) is 5. The molecular weight excluding hydrogens is 244 g/mol. The van der Waals surface area contributed by atoms with Crippen molar-refractivity contribution in [2.75, 3.05) is 24.5 Å². The SMILES string of the molecule is CCCN(c1ncc2ccsc2n1)C1CCNC1. The summed E-state index contributed by atoms with van der Waals surface area (Å²) in [5, 5.41) is 6.64. The highest BCUT2D eigenvalue weighted by Crippen LogP contribution is 2.22. The van der Waals surface area contributed by atoms with E-state index in [0.29, 0.717) is 6.04 Å². The van der Waals surface area contributed by atoms with Crippen LogP contribution in [0.3, 0.4) is 0 Å². The number of fused-ring (bicyclic) bond motifs is 1. The molecule has 0 saturated carbocycles. The summed E-state index contributed by atoms with van der Waals surface area (Å²) in [6, 6.07) is 2.62. The first kappa shape index (κ1) is 11.9. The van der Waals surface area contributed by atoms with Crippen molar-refractivity contribution in [3.05, 3.63) is 17.6 Å². The van der Waals surface area contributed by atoms with Gasteiger partial charge in [-0.2, -0.15) is 0 Å². The number of anilines is 1. The van der Waals surface area contributed by atoms with Crippen molar-refractivity contribution in [3.63, 3.8) is 0 Å². The van der Waals surface area contributed by atoms with Crippen LogP contribution >= 0.6 is 11.3 Å². The second-order valence-corrected chi connectivity index (χ2v) is 5.59. The average Bonchev–Trinajstić information content (AvgIpc) is 3.05. The maximum Gasteiger partial charge on any atom is 0.226 e. The smallest absolute Gasteiger partial charge is 0.226 e. The van der Waals surface area contributed by atoms with Gasteiger partial charge in [-0.1, -0.05) is 6.92 Å². The molecule has 96 valence electrons. The number of hydrogen-bond donors (Lipinski definition) is 1. The van der Waals surface area contributed by atoms with E-state index in [1.54, 1.807) is 11.3 Å². The molecule has 1 aliphatic heterocycles. The van der Waals surface area contributed by atoms with Gasteiger partial charge in [0.25, 0.3) is 0 Å². The van der Waals surface area contributed by atoms with Gasteiger partial charge in [-0.3, -0.25) is 0 Å². The molecule has 1 saturated heterocycles. The third-order valence-electron chi connectivity index (χ3n) is 3.39. The van der Waals surface area contributed by atoms with Gasteiger partial charge in [0.15, 0.2) is 0 Å². The Morgan fingerprint density at radius 2 is 2.50 bits per heavy atom. The van der Waals surface area contributed by atoms with E-state index < -0.39 is 0 Å². The molecule has 0 spiro atoms. The van der Waals surface area contributed by atoms with E-state index in [9.17, 15) is 0 Å². The fraction of sp³-hybridized carbons (Fsp3) is 0.538. The van der Waals surface area contributed by atoms with E-state index in [1.165, 1.54) is 6.42 Å². The standard InChI is InChI=1S/C13H18N4S/c1-2-6-17(11-3-5-14-9-11)13-15-8-10-4-7-18-12(10)16-13/h4,7-8,11,14H,2-3,5-6,9H2,1H3. The zero-order chi connectivity index (χ0) is 12.4. The van der Waals surface area contributed by atoms with Crippen LogP contribution in [0.15, 0.2) is 17.6 Å². The summed E-state index contributed by atoms with van der Waals surface area (Å²) in [7, 11) is 0. The van der Waals surface area contributed by atoms with Crippen molar-refractivity contribution in [1.82, 2.24) is 15.3 Å². The quantitative estimate of drug-likeness (QED) is 0.917. The van der Waals surface area contributed by atoms with E-state index in [0.717, 1.165) is 42.2 Å². The first-order valence-electron chi connectivity index (χ1n) is 6.56. The first-order chi connectivity index (χ1) is 8.88. The number of nitrogens with zero attached hydrogens (tertiary/aromatic N) is 3. The van der Waals surface area contributed by atoms with Crippen LogP contribution in [0.25, 0.3) is 10.2 Å². The van der Waals surface area contributed by atoms with Crippen molar-refractivity contribution < 1.29 is 0 Å². The Labute approximate surface area is 111 Å². The van der Waals surface area contributed by atoms with Gasteiger partial charge in [0.05, 0.1) is 0 Å². The van der Waals surface area contributed by atoms with Gasteiger partial charge in [-0.15, -0.1) is 11.3 Å². The summed E-state index contributed by atoms with van der Waals surface area (Å²) in [5.41, 5.74) is 0. The highest BCUT2D eigenvalue weighted by atomic mass is 32.1. The lowest BCUT2D eigenvalue weighted by Gasteiger charge is -2.28. The van der Waals surface area contributed by atoms with Gasteiger partial charge >= 0.3 is 0 Å². The second kappa shape index (κ2) is 5.20. The minimum absolute atomic E-state index is 0.544. The van der Waals surface area contributed by atoms with E-state index in [1.807, 2.05) is 6.20 Å². The molecule has 0 radical (unpaired) electrons. The van der Waals surface area contributed by atoms with Crippen molar-refractivity contribution in [2.24, 2.45) is 0 Å². The fourth-order valence-corrected chi connectivity index (χ4v) is 3.21. The van der Waals surface area contributed by atoms with E-state index in [-0.39, 0.29) is 0 Å². The van der Waals surface area contributed by atoms with Gasteiger partial charge in [-0.05, 0) is 30.8 Å². The van der Waals surface area contributed by atoms with Gasteiger partial charge in [0, 0.05) is 30.7 Å². The van der Waals surface area contributed by atoms with Crippen molar-refractivity contribution in [3.8, 4) is 0 Å². The number of thiophene rings is 1. The first-order valence-corrected chi connectivity index (χ1v) is 7.44. The van der Waals surface area contributed by atoms with Crippen molar-refractivity contribution in [2.45, 2.75) is 25.8 Å². The molecule has 2 aromatic rings. The number of rotatable bonds is 4. The summed E-state index contributed by atoms with van der Waals surface area (Å²) >= 11 is 1.69. The predicted octanol–water partition coefficient (Wildman–Crippen LogP) is 2.27. The van der Waals surface area contributed by atoms with Crippen molar-refractivity contribution >= 4 is 27.5 Å². The molecule has 0 bridgehead atoms. The zero-order valence-electron chi connectivity index (χ0n) is 10.6.